The highest BCUT2D eigenvalue weighted by Crippen LogP contribution is 2.18. The van der Waals surface area contributed by atoms with Crippen molar-refractivity contribution in [3.05, 3.63) is 48.0 Å². The van der Waals surface area contributed by atoms with Crippen molar-refractivity contribution in [2.45, 2.75) is 31.8 Å². The van der Waals surface area contributed by atoms with E-state index in [-0.39, 0.29) is 5.91 Å². The third-order valence-corrected chi connectivity index (χ3v) is 3.29. The number of carbonyl (C=O) groups is 1. The molecule has 1 aromatic carbocycles. The fourth-order valence-electron chi connectivity index (χ4n) is 2.41. The van der Waals surface area contributed by atoms with Gasteiger partial charge in [0.05, 0.1) is 6.54 Å². The minimum absolute atomic E-state index is 0.259. The molecule has 1 atom stereocenters. The first-order valence-corrected chi connectivity index (χ1v) is 6.48. The van der Waals surface area contributed by atoms with E-state index < -0.39 is 0 Å². The normalized spacial score (nSPS) is 19.1. The second kappa shape index (κ2) is 6.36. The molecule has 0 spiro atoms. The van der Waals surface area contributed by atoms with Crippen molar-refractivity contribution in [1.29, 1.82) is 0 Å². The van der Waals surface area contributed by atoms with Crippen LogP contribution < -0.4 is 5.73 Å². The molecule has 0 saturated carbocycles. The van der Waals surface area contributed by atoms with E-state index in [0.29, 0.717) is 12.6 Å². The molecule has 0 aliphatic heterocycles. The number of primary amides is 1. The van der Waals surface area contributed by atoms with Crippen LogP contribution in [-0.4, -0.2) is 23.4 Å². The van der Waals surface area contributed by atoms with Gasteiger partial charge >= 0.3 is 0 Å². The summed E-state index contributed by atoms with van der Waals surface area (Å²) >= 11 is 0. The summed E-state index contributed by atoms with van der Waals surface area (Å²) in [5.74, 6) is -0.259. The van der Waals surface area contributed by atoms with Crippen molar-refractivity contribution in [2.24, 2.45) is 5.73 Å². The summed E-state index contributed by atoms with van der Waals surface area (Å²) in [6, 6.07) is 10.6. The Labute approximate surface area is 108 Å². The third kappa shape index (κ3) is 3.70. The molecule has 0 bridgehead atoms. The molecule has 0 fully saturated rings. The van der Waals surface area contributed by atoms with Crippen LogP contribution in [-0.2, 0) is 11.3 Å². The minimum atomic E-state index is -0.259. The van der Waals surface area contributed by atoms with Crippen LogP contribution in [0.4, 0.5) is 0 Å². The second-order valence-corrected chi connectivity index (χ2v) is 4.78. The molecular formula is C15H20N2O. The first-order valence-electron chi connectivity index (χ1n) is 6.48. The molecule has 0 unspecified atom stereocenters. The molecule has 1 amide bonds. The molecule has 1 aliphatic rings. The fourth-order valence-corrected chi connectivity index (χ4v) is 2.41. The number of carbonyl (C=O) groups excluding carboxylic acids is 1. The highest BCUT2D eigenvalue weighted by molar-refractivity contribution is 5.76. The van der Waals surface area contributed by atoms with Crippen molar-refractivity contribution in [1.82, 2.24) is 4.90 Å². The van der Waals surface area contributed by atoms with Gasteiger partial charge in [-0.2, -0.15) is 0 Å². The largest absolute Gasteiger partial charge is 0.369 e. The molecule has 18 heavy (non-hydrogen) atoms. The highest BCUT2D eigenvalue weighted by Gasteiger charge is 2.19. The van der Waals surface area contributed by atoms with Crippen molar-refractivity contribution < 1.29 is 4.79 Å². The average molecular weight is 244 g/mol. The number of benzene rings is 1. The van der Waals surface area contributed by atoms with Crippen molar-refractivity contribution >= 4 is 5.91 Å². The van der Waals surface area contributed by atoms with Gasteiger partial charge in [-0.05, 0) is 24.8 Å². The summed E-state index contributed by atoms with van der Waals surface area (Å²) in [5, 5.41) is 0. The van der Waals surface area contributed by atoms with Crippen molar-refractivity contribution in [2.75, 3.05) is 6.54 Å². The fraction of sp³-hybridized carbons (Fsp3) is 0.400. The summed E-state index contributed by atoms with van der Waals surface area (Å²) < 4.78 is 0. The lowest BCUT2D eigenvalue weighted by atomic mass is 10.0. The quantitative estimate of drug-likeness (QED) is 0.806. The van der Waals surface area contributed by atoms with Crippen LogP contribution >= 0.6 is 0 Å². The number of rotatable bonds is 5. The number of amides is 1. The lowest BCUT2D eigenvalue weighted by Crippen LogP contribution is -2.40. The van der Waals surface area contributed by atoms with Crippen LogP contribution in [0.5, 0.6) is 0 Å². The standard InChI is InChI=1S/C15H20N2O/c16-15(18)12-17(14-9-5-2-6-10-14)11-13-7-3-1-4-8-13/h1,3-5,7-9,14H,2,6,10-12H2,(H2,16,18)/t14-/m0/s1. The lowest BCUT2D eigenvalue weighted by molar-refractivity contribution is -0.119. The highest BCUT2D eigenvalue weighted by atomic mass is 16.1. The maximum atomic E-state index is 11.2. The average Bonchev–Trinajstić information content (AvgIpc) is 2.40. The topological polar surface area (TPSA) is 46.3 Å². The lowest BCUT2D eigenvalue weighted by Gasteiger charge is -2.30. The van der Waals surface area contributed by atoms with Gasteiger partial charge in [0, 0.05) is 12.6 Å². The first-order chi connectivity index (χ1) is 8.75. The molecule has 0 aromatic heterocycles. The second-order valence-electron chi connectivity index (χ2n) is 4.78. The molecule has 0 saturated heterocycles. The molecule has 2 rings (SSSR count). The van der Waals surface area contributed by atoms with Gasteiger partial charge in [-0.1, -0.05) is 42.5 Å². The van der Waals surface area contributed by atoms with Crippen LogP contribution in [0.15, 0.2) is 42.5 Å². The Balaban J connectivity index is 2.07. The number of nitrogens with two attached hydrogens (primary N) is 1. The van der Waals surface area contributed by atoms with E-state index in [1.165, 1.54) is 12.0 Å². The van der Waals surface area contributed by atoms with E-state index in [9.17, 15) is 4.79 Å². The van der Waals surface area contributed by atoms with Gasteiger partial charge in [-0.3, -0.25) is 9.69 Å². The molecule has 1 aromatic rings. The zero-order valence-corrected chi connectivity index (χ0v) is 10.6. The van der Waals surface area contributed by atoms with Crippen LogP contribution in [0, 0.1) is 0 Å². The Morgan fingerprint density at radius 3 is 2.72 bits per heavy atom. The minimum Gasteiger partial charge on any atom is -0.369 e. The summed E-state index contributed by atoms with van der Waals surface area (Å²) in [6.07, 6.45) is 7.84. The molecule has 0 heterocycles. The van der Waals surface area contributed by atoms with Crippen molar-refractivity contribution in [3.63, 3.8) is 0 Å². The maximum Gasteiger partial charge on any atom is 0.231 e. The van der Waals surface area contributed by atoms with E-state index in [0.717, 1.165) is 19.4 Å². The Morgan fingerprint density at radius 2 is 2.11 bits per heavy atom. The maximum absolute atomic E-state index is 11.2. The molecule has 3 heteroatoms. The number of allylic oxidation sites excluding steroid dienone is 1. The van der Waals surface area contributed by atoms with Crippen LogP contribution in [0.1, 0.15) is 24.8 Å². The van der Waals surface area contributed by atoms with E-state index >= 15 is 0 Å². The van der Waals surface area contributed by atoms with Gasteiger partial charge < -0.3 is 5.73 Å². The summed E-state index contributed by atoms with van der Waals surface area (Å²) in [7, 11) is 0. The van der Waals surface area contributed by atoms with Crippen LogP contribution in [0.2, 0.25) is 0 Å². The van der Waals surface area contributed by atoms with Crippen molar-refractivity contribution in [3.8, 4) is 0 Å². The van der Waals surface area contributed by atoms with Gasteiger partial charge in [0.15, 0.2) is 0 Å². The summed E-state index contributed by atoms with van der Waals surface area (Å²) in [5.41, 5.74) is 6.57. The zero-order chi connectivity index (χ0) is 12.8. The van der Waals surface area contributed by atoms with Gasteiger partial charge in [0.2, 0.25) is 5.91 Å². The van der Waals surface area contributed by atoms with Crippen LogP contribution in [0.3, 0.4) is 0 Å². The predicted octanol–water partition coefficient (Wildman–Crippen LogP) is 2.08. The molecular weight excluding hydrogens is 224 g/mol. The van der Waals surface area contributed by atoms with E-state index in [2.05, 4.69) is 29.2 Å². The van der Waals surface area contributed by atoms with E-state index in [1.54, 1.807) is 0 Å². The Kier molecular flexibility index (Phi) is 4.53. The Bertz CT molecular complexity index is 414. The predicted molar refractivity (Wildman–Crippen MR) is 72.8 cm³/mol. The van der Waals surface area contributed by atoms with E-state index in [1.807, 2.05) is 18.2 Å². The third-order valence-electron chi connectivity index (χ3n) is 3.29. The summed E-state index contributed by atoms with van der Waals surface area (Å²) in [6.45, 7) is 1.10. The van der Waals surface area contributed by atoms with Gasteiger partial charge in [-0.15, -0.1) is 0 Å². The monoisotopic (exact) mass is 244 g/mol. The number of hydrogen-bond acceptors (Lipinski definition) is 2. The molecule has 1 aliphatic carbocycles. The SMILES string of the molecule is NC(=O)CN(Cc1ccccc1)[C@H]1C=CCCC1. The van der Waals surface area contributed by atoms with E-state index in [4.69, 9.17) is 5.73 Å². The first kappa shape index (κ1) is 12.8. The smallest absolute Gasteiger partial charge is 0.231 e. The van der Waals surface area contributed by atoms with Gasteiger partial charge in [-0.25, -0.2) is 0 Å². The zero-order valence-electron chi connectivity index (χ0n) is 10.6. The molecule has 96 valence electrons. The Hall–Kier alpha value is -1.61. The molecule has 2 N–H and O–H groups in total. The number of hydrogen-bond donors (Lipinski definition) is 1. The molecule has 0 radical (unpaired) electrons. The summed E-state index contributed by atoms with van der Waals surface area (Å²) in [4.78, 5) is 13.4. The number of nitrogens with zero attached hydrogens (tertiary/aromatic N) is 1. The van der Waals surface area contributed by atoms with Crippen LogP contribution in [0.25, 0.3) is 0 Å². The molecule has 3 nitrogen and oxygen atoms in total. The Morgan fingerprint density at radius 1 is 1.33 bits per heavy atom. The van der Waals surface area contributed by atoms with Gasteiger partial charge in [0.25, 0.3) is 0 Å². The van der Waals surface area contributed by atoms with Gasteiger partial charge in [0.1, 0.15) is 0 Å².